The third-order valence-corrected chi connectivity index (χ3v) is 7.78. The van der Waals surface area contributed by atoms with Crippen molar-refractivity contribution < 1.29 is 4.79 Å². The van der Waals surface area contributed by atoms with Gasteiger partial charge >= 0.3 is 0 Å². The van der Waals surface area contributed by atoms with Gasteiger partial charge in [-0.25, -0.2) is 4.98 Å². The number of pyridine rings is 1. The fraction of sp³-hybridized carbons (Fsp3) is 0.429. The summed E-state index contributed by atoms with van der Waals surface area (Å²) in [5, 5.41) is 3.87. The molecule has 2 aromatic heterocycles. The quantitative estimate of drug-likeness (QED) is 0.503. The van der Waals surface area contributed by atoms with E-state index in [0.29, 0.717) is 18.3 Å². The van der Waals surface area contributed by atoms with Gasteiger partial charge in [0.05, 0.1) is 5.69 Å². The molecule has 0 unspecified atom stereocenters. The van der Waals surface area contributed by atoms with Crippen LogP contribution in [0.5, 0.6) is 0 Å². The molecule has 36 heavy (non-hydrogen) atoms. The van der Waals surface area contributed by atoms with Crippen LogP contribution in [-0.4, -0.2) is 71.0 Å². The van der Waals surface area contributed by atoms with E-state index in [2.05, 4.69) is 42.1 Å². The first-order valence-electron chi connectivity index (χ1n) is 13.0. The first kappa shape index (κ1) is 24.8. The third kappa shape index (κ3) is 6.09. The molecule has 0 radical (unpaired) electrons. The number of rotatable bonds is 7. The lowest BCUT2D eigenvalue weighted by atomic mass is 10.0. The normalized spacial score (nSPS) is 18.2. The zero-order valence-electron chi connectivity index (χ0n) is 20.7. The zero-order chi connectivity index (χ0) is 24.7. The van der Waals surface area contributed by atoms with Crippen LogP contribution in [0, 0.1) is 0 Å². The minimum absolute atomic E-state index is 0.126. The van der Waals surface area contributed by atoms with Crippen molar-refractivity contribution >= 4 is 23.2 Å². The Hall–Kier alpha value is -2.87. The van der Waals surface area contributed by atoms with E-state index < -0.39 is 0 Å². The van der Waals surface area contributed by atoms with Crippen molar-refractivity contribution in [3.05, 3.63) is 82.9 Å². The van der Waals surface area contributed by atoms with E-state index in [1.807, 2.05) is 42.7 Å². The van der Waals surface area contributed by atoms with Gasteiger partial charge in [0, 0.05) is 68.9 Å². The third-order valence-electron chi connectivity index (χ3n) is 7.41. The van der Waals surface area contributed by atoms with Crippen LogP contribution in [0.2, 0.25) is 5.02 Å². The second kappa shape index (κ2) is 11.9. The summed E-state index contributed by atoms with van der Waals surface area (Å²) in [6.45, 7) is 7.57. The smallest absolute Gasteiger partial charge is 0.272 e. The Morgan fingerprint density at radius 2 is 1.89 bits per heavy atom. The number of benzene rings is 1. The Bertz CT molecular complexity index is 1130. The SMILES string of the molecule is O=C(NCc1cc[nH]c1)c1ncccc1N1CCCN(C2CCN(Cc3ccccc3Cl)CC2)CC1. The van der Waals surface area contributed by atoms with Gasteiger partial charge in [0.15, 0.2) is 5.69 Å². The lowest BCUT2D eigenvalue weighted by Gasteiger charge is -2.38. The highest BCUT2D eigenvalue weighted by Gasteiger charge is 2.27. The standard InChI is InChI=1S/C28H35ClN6O/c29-25-6-2-1-5-23(25)21-33-15-9-24(10-16-33)34-13-4-14-35(18-17-34)26-7-3-11-31-27(26)28(36)32-20-22-8-12-30-19-22/h1-3,5-8,11-12,19,24,30H,4,9-10,13-18,20-21H2,(H,32,36). The summed E-state index contributed by atoms with van der Waals surface area (Å²) in [4.78, 5) is 27.9. The maximum absolute atomic E-state index is 12.9. The van der Waals surface area contributed by atoms with Crippen molar-refractivity contribution in [2.75, 3.05) is 44.2 Å². The number of H-pyrrole nitrogens is 1. The van der Waals surface area contributed by atoms with Crippen molar-refractivity contribution in [3.63, 3.8) is 0 Å². The molecule has 4 heterocycles. The Kier molecular flexibility index (Phi) is 8.21. The molecule has 0 bridgehead atoms. The van der Waals surface area contributed by atoms with Crippen LogP contribution >= 0.6 is 11.6 Å². The molecule has 7 nitrogen and oxygen atoms in total. The fourth-order valence-electron chi connectivity index (χ4n) is 5.41. The van der Waals surface area contributed by atoms with Crippen LogP contribution in [0.3, 0.4) is 0 Å². The average molecular weight is 507 g/mol. The second-order valence-corrected chi connectivity index (χ2v) is 10.2. The largest absolute Gasteiger partial charge is 0.368 e. The molecule has 190 valence electrons. The Morgan fingerprint density at radius 3 is 2.69 bits per heavy atom. The molecule has 2 saturated heterocycles. The van der Waals surface area contributed by atoms with Gasteiger partial charge in [-0.3, -0.25) is 14.6 Å². The molecular weight excluding hydrogens is 472 g/mol. The molecule has 1 amide bonds. The number of hydrogen-bond donors (Lipinski definition) is 2. The molecule has 3 aromatic rings. The predicted octanol–water partition coefficient (Wildman–Crippen LogP) is 4.17. The number of hydrogen-bond acceptors (Lipinski definition) is 5. The first-order valence-corrected chi connectivity index (χ1v) is 13.3. The molecule has 2 aliphatic heterocycles. The molecule has 1 aromatic carbocycles. The lowest BCUT2D eigenvalue weighted by Crippen LogP contribution is -2.46. The van der Waals surface area contributed by atoms with Gasteiger partial charge < -0.3 is 15.2 Å². The number of amides is 1. The van der Waals surface area contributed by atoms with Crippen molar-refractivity contribution in [1.29, 1.82) is 0 Å². The number of carbonyl (C=O) groups is 1. The van der Waals surface area contributed by atoms with Crippen LogP contribution in [0.4, 0.5) is 5.69 Å². The van der Waals surface area contributed by atoms with Crippen LogP contribution in [0.15, 0.2) is 61.1 Å². The van der Waals surface area contributed by atoms with Crippen molar-refractivity contribution in [2.24, 2.45) is 0 Å². The number of likely N-dealkylation sites (tertiary alicyclic amines) is 1. The van der Waals surface area contributed by atoms with Gasteiger partial charge in [-0.05, 0) is 67.7 Å². The van der Waals surface area contributed by atoms with Gasteiger partial charge in [0.1, 0.15) is 0 Å². The molecule has 0 atom stereocenters. The first-order chi connectivity index (χ1) is 17.7. The minimum atomic E-state index is -0.126. The number of nitrogens with one attached hydrogen (secondary N) is 2. The van der Waals surface area contributed by atoms with E-state index in [0.717, 1.165) is 68.5 Å². The van der Waals surface area contributed by atoms with Gasteiger partial charge in [0.25, 0.3) is 5.91 Å². The highest BCUT2D eigenvalue weighted by Crippen LogP contribution is 2.25. The molecular formula is C28H35ClN6O. The van der Waals surface area contributed by atoms with E-state index in [9.17, 15) is 4.79 Å². The summed E-state index contributed by atoms with van der Waals surface area (Å²) in [5.41, 5.74) is 3.70. The van der Waals surface area contributed by atoms with Gasteiger partial charge in [-0.1, -0.05) is 29.8 Å². The molecule has 0 spiro atoms. The molecule has 0 saturated carbocycles. The molecule has 2 N–H and O–H groups in total. The van der Waals surface area contributed by atoms with E-state index in [1.54, 1.807) is 6.20 Å². The van der Waals surface area contributed by atoms with Crippen LogP contribution < -0.4 is 10.2 Å². The minimum Gasteiger partial charge on any atom is -0.368 e. The molecule has 2 aliphatic rings. The molecule has 0 aliphatic carbocycles. The van der Waals surface area contributed by atoms with E-state index >= 15 is 0 Å². The fourth-order valence-corrected chi connectivity index (χ4v) is 5.61. The van der Waals surface area contributed by atoms with Gasteiger partial charge in [-0.2, -0.15) is 0 Å². The Labute approximate surface area is 218 Å². The van der Waals surface area contributed by atoms with Crippen molar-refractivity contribution in [2.45, 2.75) is 38.4 Å². The van der Waals surface area contributed by atoms with E-state index in [1.165, 1.54) is 18.4 Å². The van der Waals surface area contributed by atoms with Crippen LogP contribution in [0.1, 0.15) is 40.9 Å². The number of aromatic nitrogens is 2. The number of anilines is 1. The van der Waals surface area contributed by atoms with Crippen molar-refractivity contribution in [3.8, 4) is 0 Å². The van der Waals surface area contributed by atoms with Gasteiger partial charge in [-0.15, -0.1) is 0 Å². The highest BCUT2D eigenvalue weighted by molar-refractivity contribution is 6.31. The molecule has 2 fully saturated rings. The second-order valence-electron chi connectivity index (χ2n) is 9.75. The average Bonchev–Trinajstić information content (AvgIpc) is 3.32. The number of aromatic amines is 1. The zero-order valence-corrected chi connectivity index (χ0v) is 21.5. The lowest BCUT2D eigenvalue weighted by molar-refractivity contribution is 0.0946. The highest BCUT2D eigenvalue weighted by atomic mass is 35.5. The van der Waals surface area contributed by atoms with Crippen molar-refractivity contribution in [1.82, 2.24) is 25.1 Å². The van der Waals surface area contributed by atoms with Gasteiger partial charge in [0.2, 0.25) is 0 Å². The van der Waals surface area contributed by atoms with E-state index in [-0.39, 0.29) is 5.91 Å². The summed E-state index contributed by atoms with van der Waals surface area (Å²) >= 11 is 6.38. The number of carbonyl (C=O) groups excluding carboxylic acids is 1. The van der Waals surface area contributed by atoms with E-state index in [4.69, 9.17) is 11.6 Å². The number of nitrogens with zero attached hydrogens (tertiary/aromatic N) is 4. The number of halogens is 1. The number of piperidine rings is 1. The Morgan fingerprint density at radius 1 is 1.03 bits per heavy atom. The van der Waals surface area contributed by atoms with Crippen LogP contribution in [-0.2, 0) is 13.1 Å². The summed E-state index contributed by atoms with van der Waals surface area (Å²) in [6.07, 6.45) is 8.91. The monoisotopic (exact) mass is 506 g/mol. The molecule has 5 rings (SSSR count). The topological polar surface area (TPSA) is 67.5 Å². The summed E-state index contributed by atoms with van der Waals surface area (Å²) in [5.74, 6) is -0.126. The summed E-state index contributed by atoms with van der Waals surface area (Å²) in [6, 6.07) is 14.7. The van der Waals surface area contributed by atoms with Crippen LogP contribution in [0.25, 0.3) is 0 Å². The molecule has 8 heteroatoms. The summed E-state index contributed by atoms with van der Waals surface area (Å²) < 4.78 is 0. The maximum atomic E-state index is 12.9. The predicted molar refractivity (Wildman–Crippen MR) is 144 cm³/mol. The Balaban J connectivity index is 1.15. The maximum Gasteiger partial charge on any atom is 0.272 e. The summed E-state index contributed by atoms with van der Waals surface area (Å²) in [7, 11) is 0.